The highest BCUT2D eigenvalue weighted by atomic mass is 16.4. The molecule has 0 radical (unpaired) electrons. The lowest BCUT2D eigenvalue weighted by Gasteiger charge is -2.05. The van der Waals surface area contributed by atoms with E-state index in [1.165, 1.54) is 0 Å². The van der Waals surface area contributed by atoms with Crippen molar-refractivity contribution in [2.75, 3.05) is 0 Å². The zero-order valence-electron chi connectivity index (χ0n) is 17.5. The largest absolute Gasteiger partial charge is 0.488 e. The highest BCUT2D eigenvalue weighted by Crippen LogP contribution is 2.15. The van der Waals surface area contributed by atoms with Crippen LogP contribution in [-0.4, -0.2) is 34.3 Å². The summed E-state index contributed by atoms with van der Waals surface area (Å²) in [4.78, 5) is 0. The molecule has 0 fully saturated rings. The van der Waals surface area contributed by atoms with Crippen molar-refractivity contribution in [3.63, 3.8) is 0 Å². The summed E-state index contributed by atoms with van der Waals surface area (Å²) in [6.07, 6.45) is 8.08. The Morgan fingerprint density at radius 2 is 1.00 bits per heavy atom. The maximum Gasteiger partial charge on any atom is 0.488 e. The molecule has 0 aliphatic rings. The van der Waals surface area contributed by atoms with Crippen molar-refractivity contribution in [2.24, 2.45) is 0 Å². The third-order valence-electron chi connectivity index (χ3n) is 5.28. The molecule has 6 nitrogen and oxygen atoms in total. The van der Waals surface area contributed by atoms with Crippen molar-refractivity contribution < 1.29 is 29.2 Å². The molecule has 0 saturated heterocycles. The van der Waals surface area contributed by atoms with Gasteiger partial charge in [0.2, 0.25) is 0 Å². The number of rotatable bonds is 7. The number of hydrogen-bond donors (Lipinski definition) is 4. The monoisotopic (exact) mass is 426 g/mol. The summed E-state index contributed by atoms with van der Waals surface area (Å²) in [6.45, 7) is 1.22. The Morgan fingerprint density at radius 3 is 1.41 bits per heavy atom. The van der Waals surface area contributed by atoms with E-state index in [1.807, 2.05) is 60.9 Å². The summed E-state index contributed by atoms with van der Waals surface area (Å²) in [5.41, 5.74) is 5.01. The van der Waals surface area contributed by atoms with Gasteiger partial charge in [0, 0.05) is 23.3 Å². The van der Waals surface area contributed by atoms with Gasteiger partial charge < -0.3 is 20.1 Å². The zero-order valence-corrected chi connectivity index (χ0v) is 17.5. The fraction of sp³-hybridized carbons (Fsp3) is 0.0833. The van der Waals surface area contributed by atoms with E-state index in [-0.39, 0.29) is 0 Å². The van der Waals surface area contributed by atoms with Gasteiger partial charge in [-0.25, -0.2) is 9.13 Å². The van der Waals surface area contributed by atoms with Crippen LogP contribution in [0.1, 0.15) is 11.1 Å². The van der Waals surface area contributed by atoms with Crippen molar-refractivity contribution in [3.05, 3.63) is 109 Å². The number of pyridine rings is 2. The SMILES string of the molecule is OB(O)c1cccc(C[n+]2cccc(-c3ccc[n+](Cc4cccc(B(O)O)c4)c3)c2)c1. The minimum absolute atomic E-state index is 0.473. The van der Waals surface area contributed by atoms with E-state index in [1.54, 1.807) is 24.3 Å². The molecule has 0 amide bonds. The number of hydrogen-bond acceptors (Lipinski definition) is 4. The second-order valence-electron chi connectivity index (χ2n) is 7.77. The fourth-order valence-electron chi connectivity index (χ4n) is 3.71. The molecule has 158 valence electrons. The van der Waals surface area contributed by atoms with Crippen molar-refractivity contribution in [1.82, 2.24) is 0 Å². The van der Waals surface area contributed by atoms with Crippen LogP contribution in [-0.2, 0) is 13.1 Å². The van der Waals surface area contributed by atoms with Gasteiger partial charge in [-0.3, -0.25) is 0 Å². The molecule has 8 heteroatoms. The molecule has 32 heavy (non-hydrogen) atoms. The van der Waals surface area contributed by atoms with Gasteiger partial charge in [-0.05, 0) is 23.1 Å². The van der Waals surface area contributed by atoms with Crippen molar-refractivity contribution in [3.8, 4) is 11.1 Å². The smallest absolute Gasteiger partial charge is 0.423 e. The quantitative estimate of drug-likeness (QED) is 0.235. The predicted octanol–water partition coefficient (Wildman–Crippen LogP) is -0.615. The summed E-state index contributed by atoms with van der Waals surface area (Å²) < 4.78 is 4.11. The molecule has 0 unspecified atom stereocenters. The molecule has 0 saturated carbocycles. The standard InChI is InChI=1S/C24H24B2N2O4/c29-25(30)23-9-1-5-19(13-23)15-27-11-3-7-21(17-27)22-8-4-12-28(18-22)16-20-6-2-10-24(14-20)26(31)32/h1-14,17-18,29-32H,15-16H2/q+2. The van der Waals surface area contributed by atoms with Crippen LogP contribution >= 0.6 is 0 Å². The lowest BCUT2D eigenvalue weighted by Crippen LogP contribution is -2.36. The van der Waals surface area contributed by atoms with Gasteiger partial charge in [0.05, 0.1) is 11.1 Å². The molecule has 2 heterocycles. The average molecular weight is 426 g/mol. The van der Waals surface area contributed by atoms with Crippen LogP contribution in [0.5, 0.6) is 0 Å². The fourth-order valence-corrected chi connectivity index (χ4v) is 3.71. The van der Waals surface area contributed by atoms with Crippen LogP contribution in [0.15, 0.2) is 97.6 Å². The lowest BCUT2D eigenvalue weighted by atomic mass is 9.79. The van der Waals surface area contributed by atoms with E-state index in [0.717, 1.165) is 22.3 Å². The van der Waals surface area contributed by atoms with Crippen LogP contribution in [0.25, 0.3) is 11.1 Å². The Labute approximate surface area is 187 Å². The van der Waals surface area contributed by atoms with Gasteiger partial charge in [-0.15, -0.1) is 0 Å². The molecule has 0 aliphatic carbocycles. The molecule has 2 aromatic heterocycles. The van der Waals surface area contributed by atoms with E-state index < -0.39 is 14.2 Å². The van der Waals surface area contributed by atoms with Crippen LogP contribution in [0.2, 0.25) is 0 Å². The topological polar surface area (TPSA) is 88.7 Å². The summed E-state index contributed by atoms with van der Waals surface area (Å²) >= 11 is 0. The van der Waals surface area contributed by atoms with Crippen LogP contribution < -0.4 is 20.1 Å². The van der Waals surface area contributed by atoms with Gasteiger partial charge in [0.1, 0.15) is 0 Å². The first-order chi connectivity index (χ1) is 15.5. The third kappa shape index (κ3) is 5.49. The predicted molar refractivity (Wildman–Crippen MR) is 123 cm³/mol. The molecule has 0 spiro atoms. The zero-order chi connectivity index (χ0) is 22.5. The van der Waals surface area contributed by atoms with Crippen molar-refractivity contribution in [1.29, 1.82) is 0 Å². The molecule has 2 aromatic carbocycles. The minimum atomic E-state index is -1.48. The summed E-state index contributed by atoms with van der Waals surface area (Å²) in [5, 5.41) is 37.6. The van der Waals surface area contributed by atoms with Gasteiger partial charge in [-0.1, -0.05) is 48.5 Å². The summed E-state index contributed by atoms with van der Waals surface area (Å²) in [7, 11) is -2.96. The Kier molecular flexibility index (Phi) is 6.78. The molecule has 0 atom stereocenters. The molecular formula is C24H24B2N2O4+2. The first-order valence-electron chi connectivity index (χ1n) is 10.4. The van der Waals surface area contributed by atoms with E-state index in [0.29, 0.717) is 24.0 Å². The van der Waals surface area contributed by atoms with Crippen LogP contribution in [0.3, 0.4) is 0 Å². The second kappa shape index (κ2) is 9.89. The Balaban J connectivity index is 1.55. The van der Waals surface area contributed by atoms with Gasteiger partial charge in [0.15, 0.2) is 37.9 Å². The van der Waals surface area contributed by atoms with Gasteiger partial charge in [-0.2, -0.15) is 0 Å². The lowest BCUT2D eigenvalue weighted by molar-refractivity contribution is -0.689. The number of benzene rings is 2. The van der Waals surface area contributed by atoms with Crippen LogP contribution in [0.4, 0.5) is 0 Å². The maximum atomic E-state index is 9.40. The molecule has 0 bridgehead atoms. The Morgan fingerprint density at radius 1 is 0.562 bits per heavy atom. The third-order valence-corrected chi connectivity index (χ3v) is 5.28. The van der Waals surface area contributed by atoms with Crippen LogP contribution in [0, 0.1) is 0 Å². The molecule has 4 rings (SSSR count). The second-order valence-corrected chi connectivity index (χ2v) is 7.77. The van der Waals surface area contributed by atoms with Gasteiger partial charge in [0.25, 0.3) is 0 Å². The van der Waals surface area contributed by atoms with Gasteiger partial charge >= 0.3 is 14.2 Å². The summed E-state index contributed by atoms with van der Waals surface area (Å²) in [5.74, 6) is 0. The maximum absolute atomic E-state index is 9.40. The Hall–Kier alpha value is -3.29. The van der Waals surface area contributed by atoms with E-state index in [2.05, 4.69) is 21.5 Å². The van der Waals surface area contributed by atoms with E-state index in [4.69, 9.17) is 0 Å². The molecule has 4 N–H and O–H groups in total. The van der Waals surface area contributed by atoms with Crippen molar-refractivity contribution in [2.45, 2.75) is 13.1 Å². The first-order valence-corrected chi connectivity index (χ1v) is 10.4. The average Bonchev–Trinajstić information content (AvgIpc) is 2.80. The normalized spacial score (nSPS) is 10.8. The van der Waals surface area contributed by atoms with Crippen molar-refractivity contribution >= 4 is 25.2 Å². The molecule has 0 aliphatic heterocycles. The number of aromatic nitrogens is 2. The van der Waals surface area contributed by atoms with E-state index >= 15 is 0 Å². The number of nitrogens with zero attached hydrogens (tertiary/aromatic N) is 2. The summed E-state index contributed by atoms with van der Waals surface area (Å²) in [6, 6.07) is 22.6. The van der Waals surface area contributed by atoms with E-state index in [9.17, 15) is 20.1 Å². The molecular weight excluding hydrogens is 402 g/mol. The minimum Gasteiger partial charge on any atom is -0.423 e. The highest BCUT2D eigenvalue weighted by Gasteiger charge is 2.15. The Bertz CT molecular complexity index is 1120. The highest BCUT2D eigenvalue weighted by molar-refractivity contribution is 6.58. The molecule has 4 aromatic rings. The first kappa shape index (κ1) is 21.9.